The molecule has 0 bridgehead atoms. The van der Waals surface area contributed by atoms with Crippen molar-refractivity contribution >= 4 is 46.2 Å². The van der Waals surface area contributed by atoms with E-state index in [1.807, 2.05) is 61.5 Å². The van der Waals surface area contributed by atoms with Crippen LogP contribution >= 0.6 is 22.6 Å². The largest absolute Gasteiger partial charge is 0.494 e. The molecule has 0 aliphatic heterocycles. The van der Waals surface area contributed by atoms with Gasteiger partial charge in [-0.15, -0.1) is 0 Å². The average Bonchev–Trinajstić information content (AvgIpc) is 2.87. The predicted octanol–water partition coefficient (Wildman–Crippen LogP) is 5.14. The van der Waals surface area contributed by atoms with Gasteiger partial charge >= 0.3 is 0 Å². The van der Waals surface area contributed by atoms with Gasteiger partial charge in [0.25, 0.3) is 11.8 Å². The quantitative estimate of drug-likeness (QED) is 0.180. The first kappa shape index (κ1) is 25.0. The Morgan fingerprint density at radius 2 is 1.59 bits per heavy atom. The highest BCUT2D eigenvalue weighted by Gasteiger charge is 2.15. The predicted molar refractivity (Wildman–Crippen MR) is 144 cm³/mol. The van der Waals surface area contributed by atoms with Crippen LogP contribution in [0.15, 0.2) is 91.1 Å². The molecule has 6 nitrogen and oxygen atoms in total. The van der Waals surface area contributed by atoms with Crippen LogP contribution in [0.4, 0.5) is 0 Å². The molecule has 0 aromatic heterocycles. The van der Waals surface area contributed by atoms with E-state index in [4.69, 9.17) is 4.74 Å². The molecule has 0 heterocycles. The van der Waals surface area contributed by atoms with Crippen LogP contribution in [0.1, 0.15) is 34.8 Å². The van der Waals surface area contributed by atoms with Gasteiger partial charge < -0.3 is 10.1 Å². The SMILES string of the molecule is C=C(NNC(=O)C(=Cc1ccc(OCCC)cc1)NC(=O)c1ccccc1)c1ccc(I)cc1. The Balaban J connectivity index is 1.76. The molecule has 34 heavy (non-hydrogen) atoms. The molecule has 0 aliphatic rings. The molecule has 0 radical (unpaired) electrons. The Bertz CT molecular complexity index is 1160. The molecule has 3 N–H and O–H groups in total. The monoisotopic (exact) mass is 567 g/mol. The number of hydrogen-bond donors (Lipinski definition) is 3. The maximum absolute atomic E-state index is 13.0. The molecule has 3 aromatic carbocycles. The van der Waals surface area contributed by atoms with Crippen molar-refractivity contribution < 1.29 is 14.3 Å². The van der Waals surface area contributed by atoms with E-state index in [-0.39, 0.29) is 11.6 Å². The number of nitrogens with one attached hydrogen (secondary N) is 3. The summed E-state index contributed by atoms with van der Waals surface area (Å²) in [7, 11) is 0. The standard InChI is InChI=1S/C27H26IN3O3/c1-3-17-34-24-15-9-20(10-16-24)18-25(29-26(32)22-7-5-4-6-8-22)27(33)31-30-19(2)21-11-13-23(28)14-12-21/h4-16,18,30H,2-3,17H2,1H3,(H,29,32)(H,31,33). The van der Waals surface area contributed by atoms with Gasteiger partial charge in [-0.1, -0.05) is 56.0 Å². The molecule has 0 unspecified atom stereocenters. The van der Waals surface area contributed by atoms with Gasteiger partial charge in [-0.2, -0.15) is 0 Å². The van der Waals surface area contributed by atoms with Crippen molar-refractivity contribution in [1.29, 1.82) is 0 Å². The van der Waals surface area contributed by atoms with Crippen LogP contribution < -0.4 is 20.9 Å². The van der Waals surface area contributed by atoms with Crippen LogP contribution in [0, 0.1) is 3.57 Å². The first-order valence-electron chi connectivity index (χ1n) is 10.8. The lowest BCUT2D eigenvalue weighted by molar-refractivity contribution is -0.118. The summed E-state index contributed by atoms with van der Waals surface area (Å²) in [6.45, 7) is 6.63. The second-order valence-corrected chi connectivity index (χ2v) is 8.61. The topological polar surface area (TPSA) is 79.5 Å². The minimum absolute atomic E-state index is 0.0824. The van der Waals surface area contributed by atoms with E-state index < -0.39 is 5.91 Å². The van der Waals surface area contributed by atoms with Gasteiger partial charge in [-0.05, 0) is 82.6 Å². The van der Waals surface area contributed by atoms with Gasteiger partial charge in [0.2, 0.25) is 0 Å². The number of hydrazine groups is 1. The minimum Gasteiger partial charge on any atom is -0.494 e. The van der Waals surface area contributed by atoms with Gasteiger partial charge in [0, 0.05) is 9.13 Å². The highest BCUT2D eigenvalue weighted by molar-refractivity contribution is 14.1. The van der Waals surface area contributed by atoms with E-state index in [9.17, 15) is 9.59 Å². The third-order valence-corrected chi connectivity index (χ3v) is 5.43. The number of ether oxygens (including phenoxy) is 1. The van der Waals surface area contributed by atoms with Crippen LogP contribution in [0.5, 0.6) is 5.75 Å². The van der Waals surface area contributed by atoms with Crippen LogP contribution in [-0.2, 0) is 4.79 Å². The highest BCUT2D eigenvalue weighted by Crippen LogP contribution is 2.15. The summed E-state index contributed by atoms with van der Waals surface area (Å²) in [5, 5.41) is 2.71. The zero-order valence-electron chi connectivity index (χ0n) is 18.8. The summed E-state index contributed by atoms with van der Waals surface area (Å²) in [6.07, 6.45) is 2.52. The molecule has 7 heteroatoms. The van der Waals surface area contributed by atoms with Crippen molar-refractivity contribution in [3.63, 3.8) is 0 Å². The molecule has 3 aromatic rings. The lowest BCUT2D eigenvalue weighted by atomic mass is 10.1. The van der Waals surface area contributed by atoms with E-state index in [2.05, 4.69) is 45.3 Å². The smallest absolute Gasteiger partial charge is 0.286 e. The number of benzene rings is 3. The molecular formula is C27H26IN3O3. The molecule has 3 rings (SSSR count). The molecule has 0 spiro atoms. The Kier molecular flexibility index (Phi) is 9.28. The number of hydrogen-bond acceptors (Lipinski definition) is 4. The van der Waals surface area contributed by atoms with Crippen molar-refractivity contribution in [3.05, 3.63) is 111 Å². The summed E-state index contributed by atoms with van der Waals surface area (Å²) >= 11 is 2.22. The van der Waals surface area contributed by atoms with Gasteiger partial charge in [0.1, 0.15) is 11.4 Å². The zero-order valence-corrected chi connectivity index (χ0v) is 21.0. The van der Waals surface area contributed by atoms with Crippen molar-refractivity contribution in [2.45, 2.75) is 13.3 Å². The Hall–Kier alpha value is -3.59. The molecule has 0 saturated carbocycles. The van der Waals surface area contributed by atoms with Gasteiger partial charge in [-0.3, -0.25) is 20.4 Å². The minimum atomic E-state index is -0.512. The summed E-state index contributed by atoms with van der Waals surface area (Å²) in [5.74, 6) is -0.155. The van der Waals surface area contributed by atoms with E-state index in [1.165, 1.54) is 0 Å². The summed E-state index contributed by atoms with van der Waals surface area (Å²) in [4.78, 5) is 25.7. The van der Waals surface area contributed by atoms with Gasteiger partial charge in [0.05, 0.1) is 12.3 Å². The number of halogens is 1. The normalized spacial score (nSPS) is 10.8. The van der Waals surface area contributed by atoms with Crippen LogP contribution in [-0.4, -0.2) is 18.4 Å². The van der Waals surface area contributed by atoms with Crippen molar-refractivity contribution in [1.82, 2.24) is 16.2 Å². The number of rotatable bonds is 10. The second-order valence-electron chi connectivity index (χ2n) is 7.36. The third kappa shape index (κ3) is 7.48. The fourth-order valence-electron chi connectivity index (χ4n) is 2.91. The molecule has 0 aliphatic carbocycles. The first-order chi connectivity index (χ1) is 16.5. The fourth-order valence-corrected chi connectivity index (χ4v) is 3.27. The van der Waals surface area contributed by atoms with E-state index >= 15 is 0 Å². The van der Waals surface area contributed by atoms with Crippen LogP contribution in [0.3, 0.4) is 0 Å². The molecular weight excluding hydrogens is 541 g/mol. The zero-order chi connectivity index (χ0) is 24.3. The maximum Gasteiger partial charge on any atom is 0.286 e. The Labute approximate surface area is 213 Å². The average molecular weight is 567 g/mol. The second kappa shape index (κ2) is 12.6. The number of carbonyl (C=O) groups excluding carboxylic acids is 2. The van der Waals surface area contributed by atoms with Crippen molar-refractivity contribution in [2.75, 3.05) is 6.61 Å². The Morgan fingerprint density at radius 1 is 0.912 bits per heavy atom. The van der Waals surface area contributed by atoms with E-state index in [0.717, 1.165) is 26.9 Å². The molecule has 0 atom stereocenters. The number of amides is 2. The molecule has 0 saturated heterocycles. The summed E-state index contributed by atoms with van der Waals surface area (Å²) < 4.78 is 6.70. The maximum atomic E-state index is 13.0. The number of carbonyl (C=O) groups is 2. The van der Waals surface area contributed by atoms with Crippen LogP contribution in [0.25, 0.3) is 11.8 Å². The van der Waals surface area contributed by atoms with E-state index in [0.29, 0.717) is 17.9 Å². The summed E-state index contributed by atoms with van der Waals surface area (Å²) in [6, 6.07) is 23.7. The highest BCUT2D eigenvalue weighted by atomic mass is 127. The van der Waals surface area contributed by atoms with Crippen molar-refractivity contribution in [3.8, 4) is 5.75 Å². The van der Waals surface area contributed by atoms with Crippen molar-refractivity contribution in [2.24, 2.45) is 0 Å². The first-order valence-corrected chi connectivity index (χ1v) is 11.9. The van der Waals surface area contributed by atoms with E-state index in [1.54, 1.807) is 30.3 Å². The Morgan fingerprint density at radius 3 is 2.24 bits per heavy atom. The molecule has 174 valence electrons. The third-order valence-electron chi connectivity index (χ3n) is 4.71. The van der Waals surface area contributed by atoms with Crippen LogP contribution in [0.2, 0.25) is 0 Å². The molecule has 0 fully saturated rings. The van der Waals surface area contributed by atoms with Gasteiger partial charge in [-0.25, -0.2) is 0 Å². The summed E-state index contributed by atoms with van der Waals surface area (Å²) in [5.41, 5.74) is 8.06. The lowest BCUT2D eigenvalue weighted by Gasteiger charge is -2.14. The molecule has 2 amide bonds. The fraction of sp³-hybridized carbons (Fsp3) is 0.111. The van der Waals surface area contributed by atoms with Gasteiger partial charge in [0.15, 0.2) is 0 Å². The lowest BCUT2D eigenvalue weighted by Crippen LogP contribution is -2.41.